The molecule has 0 fully saturated rings. The molecule has 7 heteroatoms. The Morgan fingerprint density at radius 2 is 0.923 bits per heavy atom. The van der Waals surface area contributed by atoms with Crippen molar-refractivity contribution in [3.8, 4) is 0 Å². The summed E-state index contributed by atoms with van der Waals surface area (Å²) in [4.78, 5) is 25.5. The second-order valence-corrected chi connectivity index (χ2v) is 18.9. The summed E-state index contributed by atoms with van der Waals surface area (Å²) in [7, 11) is -4.56. The van der Waals surface area contributed by atoms with Crippen molar-refractivity contribution in [3.05, 3.63) is 119 Å². The number of nitrogens with one attached hydrogen (secondary N) is 2. The fraction of sp³-hybridized carbons (Fsp3) is 0.188. The van der Waals surface area contributed by atoms with Crippen molar-refractivity contribution in [3.63, 3.8) is 0 Å². The molecular weight excluding hydrogens is 517 g/mol. The molecule has 39 heavy (non-hydrogen) atoms. The van der Waals surface area contributed by atoms with Crippen molar-refractivity contribution < 1.29 is 13.7 Å². The van der Waals surface area contributed by atoms with E-state index in [1.54, 1.807) is 0 Å². The van der Waals surface area contributed by atoms with Gasteiger partial charge in [-0.05, 0) is 110 Å². The number of carbonyl (C=O) groups is 2. The van der Waals surface area contributed by atoms with E-state index < -0.39 is 16.6 Å². The molecule has 5 nitrogen and oxygen atoms in total. The minimum atomic E-state index is -2.28. The predicted octanol–water partition coefficient (Wildman–Crippen LogP) is 6.35. The summed E-state index contributed by atoms with van der Waals surface area (Å²) < 4.78 is 6.89. The van der Waals surface area contributed by atoms with E-state index in [9.17, 15) is 9.59 Å². The lowest BCUT2D eigenvalue weighted by Crippen LogP contribution is -2.57. The van der Waals surface area contributed by atoms with Crippen molar-refractivity contribution in [1.29, 1.82) is 0 Å². The molecule has 0 aliphatic heterocycles. The second-order valence-electron chi connectivity index (χ2n) is 10.9. The number of hydrogen-bond acceptors (Lipinski definition) is 3. The van der Waals surface area contributed by atoms with Gasteiger partial charge in [0.15, 0.2) is 0 Å². The minimum absolute atomic E-state index is 0.131. The van der Waals surface area contributed by atoms with Gasteiger partial charge in [0, 0.05) is 22.5 Å². The molecule has 2 N–H and O–H groups in total. The Balaban J connectivity index is 1.42. The largest absolute Gasteiger partial charge is 0.449 e. The van der Waals surface area contributed by atoms with Gasteiger partial charge in [0.05, 0.1) is 0 Å². The smallest absolute Gasteiger partial charge is 0.255 e. The number of benzene rings is 4. The standard InChI is InChI=1S/C32H36N2O3Si2/c1-23-9-7-11-27(21-23)33-31(35)25-13-17-29(18-14-25)38(3,4)37-39(5,6)30-19-15-26(16-20-30)32(36)34-28-12-8-10-24(2)22-28/h7-22H,1-6H3,(H,33,35)(H,34,36). The van der Waals surface area contributed by atoms with Crippen LogP contribution in [-0.2, 0) is 4.12 Å². The molecule has 0 aliphatic rings. The average molecular weight is 553 g/mol. The van der Waals surface area contributed by atoms with Gasteiger partial charge in [0.2, 0.25) is 16.6 Å². The van der Waals surface area contributed by atoms with E-state index in [-0.39, 0.29) is 11.8 Å². The van der Waals surface area contributed by atoms with Crippen molar-refractivity contribution in [2.75, 3.05) is 10.6 Å². The lowest BCUT2D eigenvalue weighted by Gasteiger charge is -2.34. The lowest BCUT2D eigenvalue weighted by molar-refractivity contribution is 0.101. The lowest BCUT2D eigenvalue weighted by atomic mass is 10.2. The van der Waals surface area contributed by atoms with Crippen LogP contribution in [0.2, 0.25) is 26.2 Å². The molecule has 0 spiro atoms. The van der Waals surface area contributed by atoms with Crippen LogP contribution in [0.3, 0.4) is 0 Å². The minimum Gasteiger partial charge on any atom is -0.449 e. The summed E-state index contributed by atoms with van der Waals surface area (Å²) in [5.41, 5.74) is 4.99. The second kappa shape index (κ2) is 11.5. The van der Waals surface area contributed by atoms with Crippen LogP contribution < -0.4 is 21.0 Å². The molecule has 0 saturated heterocycles. The first-order chi connectivity index (χ1) is 18.4. The predicted molar refractivity (Wildman–Crippen MR) is 166 cm³/mol. The van der Waals surface area contributed by atoms with Crippen LogP contribution in [0.4, 0.5) is 11.4 Å². The van der Waals surface area contributed by atoms with Crippen LogP contribution >= 0.6 is 0 Å². The molecule has 0 aromatic heterocycles. The monoisotopic (exact) mass is 552 g/mol. The van der Waals surface area contributed by atoms with Crippen molar-refractivity contribution in [2.24, 2.45) is 0 Å². The number of amides is 2. The van der Waals surface area contributed by atoms with E-state index in [1.807, 2.05) is 111 Å². The molecule has 4 aromatic rings. The summed E-state index contributed by atoms with van der Waals surface area (Å²) in [6.07, 6.45) is 0. The van der Waals surface area contributed by atoms with E-state index in [1.165, 1.54) is 0 Å². The average Bonchev–Trinajstić information content (AvgIpc) is 2.88. The maximum absolute atomic E-state index is 12.7. The Hall–Kier alpha value is -3.79. The van der Waals surface area contributed by atoms with Crippen LogP contribution in [0.25, 0.3) is 0 Å². The third kappa shape index (κ3) is 7.20. The molecule has 0 unspecified atom stereocenters. The van der Waals surface area contributed by atoms with Crippen LogP contribution in [0, 0.1) is 13.8 Å². The van der Waals surface area contributed by atoms with Gasteiger partial charge in [-0.3, -0.25) is 9.59 Å². The van der Waals surface area contributed by atoms with Gasteiger partial charge in [0.1, 0.15) is 0 Å². The maximum atomic E-state index is 12.7. The number of anilines is 2. The van der Waals surface area contributed by atoms with Gasteiger partial charge < -0.3 is 14.7 Å². The summed E-state index contributed by atoms with van der Waals surface area (Å²) in [5, 5.41) is 8.19. The fourth-order valence-corrected chi connectivity index (χ4v) is 12.6. The highest BCUT2D eigenvalue weighted by molar-refractivity contribution is 6.96. The van der Waals surface area contributed by atoms with E-state index in [0.717, 1.165) is 32.9 Å². The Bertz CT molecular complexity index is 1370. The number of aryl methyl sites for hydroxylation is 2. The molecule has 0 atom stereocenters. The zero-order valence-electron chi connectivity index (χ0n) is 23.5. The van der Waals surface area contributed by atoms with Crippen LogP contribution in [0.5, 0.6) is 0 Å². The zero-order valence-corrected chi connectivity index (χ0v) is 25.5. The third-order valence-electron chi connectivity index (χ3n) is 6.75. The zero-order chi connectivity index (χ0) is 28.2. The molecular formula is C32H36N2O3Si2. The molecule has 4 aromatic carbocycles. The Morgan fingerprint density at radius 3 is 1.26 bits per heavy atom. The van der Waals surface area contributed by atoms with Crippen molar-refractivity contribution >= 4 is 50.2 Å². The summed E-state index contributed by atoms with van der Waals surface area (Å²) in [5.74, 6) is -0.262. The summed E-state index contributed by atoms with van der Waals surface area (Å²) in [6.45, 7) is 12.8. The van der Waals surface area contributed by atoms with Crippen molar-refractivity contribution in [2.45, 2.75) is 40.0 Å². The van der Waals surface area contributed by atoms with Gasteiger partial charge >= 0.3 is 0 Å². The normalized spacial score (nSPS) is 11.6. The van der Waals surface area contributed by atoms with Gasteiger partial charge in [-0.15, -0.1) is 0 Å². The number of carbonyl (C=O) groups excluding carboxylic acids is 2. The fourth-order valence-electron chi connectivity index (χ4n) is 4.65. The molecule has 0 bridgehead atoms. The van der Waals surface area contributed by atoms with Gasteiger partial charge in [-0.1, -0.05) is 48.5 Å². The highest BCUT2D eigenvalue weighted by Crippen LogP contribution is 2.18. The van der Waals surface area contributed by atoms with Crippen LogP contribution in [0.1, 0.15) is 31.8 Å². The summed E-state index contributed by atoms with van der Waals surface area (Å²) in [6, 6.07) is 31.1. The third-order valence-corrected chi connectivity index (χ3v) is 14.3. The summed E-state index contributed by atoms with van der Waals surface area (Å²) >= 11 is 0. The highest BCUT2D eigenvalue weighted by atomic mass is 28.4. The van der Waals surface area contributed by atoms with Gasteiger partial charge in [0.25, 0.3) is 11.8 Å². The van der Waals surface area contributed by atoms with E-state index in [4.69, 9.17) is 4.12 Å². The van der Waals surface area contributed by atoms with E-state index in [0.29, 0.717) is 11.1 Å². The molecule has 0 saturated carbocycles. The molecule has 0 aliphatic carbocycles. The van der Waals surface area contributed by atoms with Crippen LogP contribution in [0.15, 0.2) is 97.1 Å². The Labute approximate surface area is 233 Å². The molecule has 4 rings (SSSR count). The van der Waals surface area contributed by atoms with E-state index in [2.05, 4.69) is 36.8 Å². The molecule has 0 radical (unpaired) electrons. The Morgan fingerprint density at radius 1 is 0.564 bits per heavy atom. The molecule has 0 heterocycles. The highest BCUT2D eigenvalue weighted by Gasteiger charge is 2.36. The Kier molecular flexibility index (Phi) is 8.35. The van der Waals surface area contributed by atoms with E-state index >= 15 is 0 Å². The van der Waals surface area contributed by atoms with Crippen molar-refractivity contribution in [1.82, 2.24) is 0 Å². The maximum Gasteiger partial charge on any atom is 0.255 e. The SMILES string of the molecule is Cc1cccc(NC(=O)c2ccc([Si](C)(C)O[Si](C)(C)c3ccc(C(=O)Nc4cccc(C)c4)cc3)cc2)c1. The molecule has 200 valence electrons. The first kappa shape index (κ1) is 28.2. The number of rotatable bonds is 8. The topological polar surface area (TPSA) is 67.4 Å². The number of hydrogen-bond donors (Lipinski definition) is 2. The molecule has 2 amide bonds. The first-order valence-corrected chi connectivity index (χ1v) is 18.9. The van der Waals surface area contributed by atoms with Gasteiger partial charge in [-0.2, -0.15) is 0 Å². The van der Waals surface area contributed by atoms with Gasteiger partial charge in [-0.25, -0.2) is 0 Å². The first-order valence-electron chi connectivity index (χ1n) is 13.1. The van der Waals surface area contributed by atoms with Crippen LogP contribution in [-0.4, -0.2) is 28.4 Å². The quantitative estimate of drug-likeness (QED) is 0.250.